The molecule has 0 saturated heterocycles. The number of alkyl halides is 1. The number of hydrogen-bond acceptors (Lipinski definition) is 2. The summed E-state index contributed by atoms with van der Waals surface area (Å²) < 4.78 is 2.19. The predicted molar refractivity (Wildman–Crippen MR) is 87.1 cm³/mol. The van der Waals surface area contributed by atoms with Gasteiger partial charge in [-0.25, -0.2) is 4.98 Å². The third-order valence-electron chi connectivity index (χ3n) is 3.44. The van der Waals surface area contributed by atoms with Gasteiger partial charge in [-0.15, -0.1) is 11.6 Å². The number of aryl methyl sites for hydroxylation is 3. The first-order valence-electron chi connectivity index (χ1n) is 6.89. The van der Waals surface area contributed by atoms with Crippen molar-refractivity contribution < 1.29 is 0 Å². The van der Waals surface area contributed by atoms with Crippen molar-refractivity contribution in [3.05, 3.63) is 59.1 Å². The second-order valence-electron chi connectivity index (χ2n) is 4.80. The molecule has 0 atom stereocenters. The van der Waals surface area contributed by atoms with Crippen molar-refractivity contribution in [3.8, 4) is 0 Å². The van der Waals surface area contributed by atoms with Crippen LogP contribution in [0.1, 0.15) is 11.5 Å². The van der Waals surface area contributed by atoms with Crippen LogP contribution >= 0.6 is 23.2 Å². The molecular weight excluding hydrogens is 305 g/mol. The largest absolute Gasteiger partial charge is 0.328 e. The number of benzene rings is 1. The summed E-state index contributed by atoms with van der Waals surface area (Å²) in [6, 6.07) is 11.8. The number of aromatic nitrogens is 3. The number of halogens is 2. The molecule has 2 heterocycles. The molecule has 0 aliphatic heterocycles. The highest BCUT2D eigenvalue weighted by Crippen LogP contribution is 2.24. The molecule has 0 saturated carbocycles. The van der Waals surface area contributed by atoms with Crippen molar-refractivity contribution in [1.82, 2.24) is 14.5 Å². The van der Waals surface area contributed by atoms with Crippen molar-refractivity contribution >= 4 is 34.2 Å². The molecule has 2 aromatic heterocycles. The zero-order valence-electron chi connectivity index (χ0n) is 11.5. The molecule has 0 radical (unpaired) electrons. The third kappa shape index (κ3) is 3.04. The zero-order chi connectivity index (χ0) is 14.7. The van der Waals surface area contributed by atoms with E-state index in [0.717, 1.165) is 41.9 Å². The van der Waals surface area contributed by atoms with Crippen LogP contribution in [0, 0.1) is 0 Å². The van der Waals surface area contributed by atoms with Crippen LogP contribution in [-0.4, -0.2) is 20.4 Å². The molecule has 0 aliphatic rings. The van der Waals surface area contributed by atoms with E-state index in [1.807, 2.05) is 42.6 Å². The minimum absolute atomic E-state index is 0.546. The Bertz CT molecular complexity index is 738. The summed E-state index contributed by atoms with van der Waals surface area (Å²) in [5, 5.41) is 0.680. The van der Waals surface area contributed by atoms with E-state index in [4.69, 9.17) is 23.2 Å². The lowest BCUT2D eigenvalue weighted by Gasteiger charge is -2.08. The fraction of sp³-hybridized carbons (Fsp3) is 0.250. The topological polar surface area (TPSA) is 30.7 Å². The molecule has 0 fully saturated rings. The Morgan fingerprint density at radius 1 is 1.05 bits per heavy atom. The standard InChI is InChI=1S/C16H15Cl2N3/c17-9-7-15-20-16-13(18)5-3-6-14(16)21(15)11-8-12-4-1-2-10-19-12/h1-6,10H,7-9,11H2. The molecule has 3 rings (SSSR count). The van der Waals surface area contributed by atoms with Crippen molar-refractivity contribution in [2.45, 2.75) is 19.4 Å². The highest BCUT2D eigenvalue weighted by Gasteiger charge is 2.12. The molecule has 0 N–H and O–H groups in total. The maximum Gasteiger partial charge on any atom is 0.111 e. The summed E-state index contributed by atoms with van der Waals surface area (Å²) in [4.78, 5) is 9.01. The summed E-state index contributed by atoms with van der Waals surface area (Å²) in [5.74, 6) is 1.52. The average Bonchev–Trinajstić information content (AvgIpc) is 2.86. The summed E-state index contributed by atoms with van der Waals surface area (Å²) in [5.41, 5.74) is 2.97. The molecule has 0 spiro atoms. The first-order valence-corrected chi connectivity index (χ1v) is 7.80. The SMILES string of the molecule is ClCCc1nc2c(Cl)cccc2n1CCc1ccccn1. The number of fused-ring (bicyclic) bond motifs is 1. The fourth-order valence-electron chi connectivity index (χ4n) is 2.46. The Kier molecular flexibility index (Phi) is 4.42. The molecule has 0 bridgehead atoms. The number of rotatable bonds is 5. The highest BCUT2D eigenvalue weighted by atomic mass is 35.5. The van der Waals surface area contributed by atoms with Crippen LogP contribution in [0.3, 0.4) is 0 Å². The van der Waals surface area contributed by atoms with Crippen molar-refractivity contribution in [1.29, 1.82) is 0 Å². The number of para-hydroxylation sites is 1. The summed E-state index contributed by atoms with van der Waals surface area (Å²) in [6.45, 7) is 0.820. The Labute approximate surface area is 133 Å². The van der Waals surface area contributed by atoms with E-state index in [0.29, 0.717) is 10.9 Å². The van der Waals surface area contributed by atoms with E-state index in [2.05, 4.69) is 14.5 Å². The van der Waals surface area contributed by atoms with Gasteiger partial charge in [0.05, 0.1) is 10.5 Å². The normalized spacial score (nSPS) is 11.1. The number of hydrogen-bond donors (Lipinski definition) is 0. The van der Waals surface area contributed by atoms with E-state index in [1.54, 1.807) is 0 Å². The minimum Gasteiger partial charge on any atom is -0.328 e. The molecule has 0 amide bonds. The number of pyridine rings is 1. The summed E-state index contributed by atoms with van der Waals surface area (Å²) in [7, 11) is 0. The van der Waals surface area contributed by atoms with Gasteiger partial charge in [-0.05, 0) is 24.3 Å². The molecule has 0 unspecified atom stereocenters. The van der Waals surface area contributed by atoms with E-state index in [-0.39, 0.29) is 0 Å². The first-order chi connectivity index (χ1) is 10.3. The van der Waals surface area contributed by atoms with Gasteiger partial charge in [-0.2, -0.15) is 0 Å². The predicted octanol–water partition coefficient (Wildman–Crippen LogP) is 4.11. The minimum atomic E-state index is 0.546. The summed E-state index contributed by atoms with van der Waals surface area (Å²) >= 11 is 12.1. The van der Waals surface area contributed by atoms with Crippen LogP contribution < -0.4 is 0 Å². The van der Waals surface area contributed by atoms with E-state index in [9.17, 15) is 0 Å². The van der Waals surface area contributed by atoms with Crippen molar-refractivity contribution in [2.75, 3.05) is 5.88 Å². The molecule has 3 nitrogen and oxygen atoms in total. The van der Waals surface area contributed by atoms with Crippen LogP contribution in [0.15, 0.2) is 42.6 Å². The Morgan fingerprint density at radius 3 is 2.71 bits per heavy atom. The van der Waals surface area contributed by atoms with Crippen molar-refractivity contribution in [3.63, 3.8) is 0 Å². The average molecular weight is 320 g/mol. The molecule has 3 aromatic rings. The van der Waals surface area contributed by atoms with Gasteiger partial charge in [-0.1, -0.05) is 23.7 Å². The van der Waals surface area contributed by atoms with Crippen LogP contribution in [0.2, 0.25) is 5.02 Å². The van der Waals surface area contributed by atoms with Crippen LogP contribution in [0.5, 0.6) is 0 Å². The van der Waals surface area contributed by atoms with Gasteiger partial charge < -0.3 is 4.57 Å². The van der Waals surface area contributed by atoms with Gasteiger partial charge >= 0.3 is 0 Å². The fourth-order valence-corrected chi connectivity index (χ4v) is 2.84. The number of nitrogens with zero attached hydrogens (tertiary/aromatic N) is 3. The second-order valence-corrected chi connectivity index (χ2v) is 5.58. The van der Waals surface area contributed by atoms with Gasteiger partial charge in [0.1, 0.15) is 11.3 Å². The van der Waals surface area contributed by atoms with Gasteiger partial charge in [0.15, 0.2) is 0 Å². The lowest BCUT2D eigenvalue weighted by Crippen LogP contribution is -2.07. The molecule has 1 aromatic carbocycles. The maximum atomic E-state index is 6.24. The van der Waals surface area contributed by atoms with E-state index >= 15 is 0 Å². The van der Waals surface area contributed by atoms with Crippen LogP contribution in [-0.2, 0) is 19.4 Å². The van der Waals surface area contributed by atoms with Gasteiger partial charge in [0, 0.05) is 37.2 Å². The quantitative estimate of drug-likeness (QED) is 0.662. The second kappa shape index (κ2) is 6.46. The Hall–Kier alpha value is -1.58. The lowest BCUT2D eigenvalue weighted by atomic mass is 10.2. The van der Waals surface area contributed by atoms with Gasteiger partial charge in [-0.3, -0.25) is 4.98 Å². The zero-order valence-corrected chi connectivity index (χ0v) is 13.0. The highest BCUT2D eigenvalue weighted by molar-refractivity contribution is 6.34. The molecule has 21 heavy (non-hydrogen) atoms. The molecule has 108 valence electrons. The van der Waals surface area contributed by atoms with Gasteiger partial charge in [0.2, 0.25) is 0 Å². The van der Waals surface area contributed by atoms with Crippen LogP contribution in [0.4, 0.5) is 0 Å². The van der Waals surface area contributed by atoms with E-state index < -0.39 is 0 Å². The Morgan fingerprint density at radius 2 is 1.95 bits per heavy atom. The van der Waals surface area contributed by atoms with E-state index in [1.165, 1.54) is 0 Å². The third-order valence-corrected chi connectivity index (χ3v) is 3.94. The maximum absolute atomic E-state index is 6.24. The smallest absolute Gasteiger partial charge is 0.111 e. The molecule has 5 heteroatoms. The molecular formula is C16H15Cl2N3. The van der Waals surface area contributed by atoms with Crippen molar-refractivity contribution in [2.24, 2.45) is 0 Å². The van der Waals surface area contributed by atoms with Gasteiger partial charge in [0.25, 0.3) is 0 Å². The lowest BCUT2D eigenvalue weighted by molar-refractivity contribution is 0.666. The molecule has 0 aliphatic carbocycles. The summed E-state index contributed by atoms with van der Waals surface area (Å²) in [6.07, 6.45) is 3.40. The number of imidazole rings is 1. The Balaban J connectivity index is 1.95. The van der Waals surface area contributed by atoms with Crippen LogP contribution in [0.25, 0.3) is 11.0 Å². The first kappa shape index (κ1) is 14.4. The monoisotopic (exact) mass is 319 g/mol.